The Kier molecular flexibility index (Phi) is 17.5. The van der Waals surface area contributed by atoms with Crippen LogP contribution in [0, 0.1) is 0 Å². The zero-order chi connectivity index (χ0) is 48.2. The topological polar surface area (TPSA) is 222 Å². The van der Waals surface area contributed by atoms with Crippen molar-refractivity contribution in [1.82, 2.24) is 30.9 Å². The number of rotatable bonds is 21. The van der Waals surface area contributed by atoms with Gasteiger partial charge < -0.3 is 54.0 Å². The molecule has 2 unspecified atom stereocenters. The van der Waals surface area contributed by atoms with Gasteiger partial charge in [0.25, 0.3) is 5.91 Å². The predicted molar refractivity (Wildman–Crippen MR) is 249 cm³/mol. The van der Waals surface area contributed by atoms with Crippen LogP contribution in [0.15, 0.2) is 54.6 Å². The lowest BCUT2D eigenvalue weighted by Crippen LogP contribution is -2.53. The van der Waals surface area contributed by atoms with Crippen LogP contribution in [-0.2, 0) is 39.8 Å². The molecular weight excluding hydrogens is 881 g/mol. The average molecular weight is 945 g/mol. The molecule has 7 rings (SSSR count). The number of piperazine rings is 1. The van der Waals surface area contributed by atoms with Gasteiger partial charge in [-0.15, -0.1) is 0 Å². The van der Waals surface area contributed by atoms with E-state index in [-0.39, 0.29) is 36.9 Å². The summed E-state index contributed by atoms with van der Waals surface area (Å²) < 4.78 is 33.8. The molecule has 0 aromatic heterocycles. The fourth-order valence-electron chi connectivity index (χ4n) is 9.01. The summed E-state index contributed by atoms with van der Waals surface area (Å²) in [4.78, 5) is 68.5. The number of imide groups is 1. The van der Waals surface area contributed by atoms with Gasteiger partial charge in [-0.25, -0.2) is 10.2 Å². The van der Waals surface area contributed by atoms with E-state index < -0.39 is 30.0 Å². The first kappa shape index (κ1) is 49.9. The molecule has 4 atom stereocenters. The van der Waals surface area contributed by atoms with Crippen LogP contribution >= 0.6 is 0 Å². The normalized spacial score (nSPS) is 20.4. The Bertz CT molecular complexity index is 2240. The Hall–Kier alpha value is -6.03. The first-order valence-electron chi connectivity index (χ1n) is 23.2. The number of hydrogen-bond donors (Lipinski definition) is 5. The molecule has 0 aliphatic carbocycles. The van der Waals surface area contributed by atoms with E-state index in [1.807, 2.05) is 24.0 Å². The third kappa shape index (κ3) is 11.8. The van der Waals surface area contributed by atoms with Crippen molar-refractivity contribution in [1.29, 1.82) is 0 Å². The monoisotopic (exact) mass is 944 g/mol. The van der Waals surface area contributed by atoms with Crippen LogP contribution < -0.4 is 35.7 Å². The van der Waals surface area contributed by atoms with E-state index in [9.17, 15) is 29.1 Å². The summed E-state index contributed by atoms with van der Waals surface area (Å²) in [6.45, 7) is 7.93. The van der Waals surface area contributed by atoms with Gasteiger partial charge in [-0.05, 0) is 66.8 Å². The Morgan fingerprint density at radius 2 is 1.46 bits per heavy atom. The van der Waals surface area contributed by atoms with Crippen LogP contribution in [0.1, 0.15) is 71.1 Å². The SMILES string of the molecule is CNC(=O)N1NC(c2ccc(N3CCN(C(=O)CCOCCOCCOCCOCCNc4cccc5c4C(=O)N([C@H]4CCC(=O)NC4=O)C5O)CC3)cc2)c2cc(OC)c(OC)cc2C[C@@H]1C. The summed E-state index contributed by atoms with van der Waals surface area (Å²) in [5.74, 6) is -0.137. The van der Waals surface area contributed by atoms with Crippen molar-refractivity contribution < 1.29 is 57.5 Å². The number of carbonyl (C=O) groups excluding carboxylic acids is 5. The molecule has 2 fully saturated rings. The van der Waals surface area contributed by atoms with Crippen LogP contribution in [0.4, 0.5) is 16.2 Å². The van der Waals surface area contributed by atoms with Crippen molar-refractivity contribution in [3.63, 3.8) is 0 Å². The molecule has 6 amide bonds. The summed E-state index contributed by atoms with van der Waals surface area (Å²) in [5, 5.41) is 20.7. The lowest BCUT2D eigenvalue weighted by atomic mass is 9.92. The minimum Gasteiger partial charge on any atom is -0.493 e. The highest BCUT2D eigenvalue weighted by Crippen LogP contribution is 2.40. The van der Waals surface area contributed by atoms with Crippen molar-refractivity contribution >= 4 is 41.0 Å². The van der Waals surface area contributed by atoms with E-state index in [0.717, 1.165) is 27.3 Å². The van der Waals surface area contributed by atoms with E-state index >= 15 is 0 Å². The summed E-state index contributed by atoms with van der Waals surface area (Å²) in [7, 11) is 4.86. The van der Waals surface area contributed by atoms with Gasteiger partial charge >= 0.3 is 6.03 Å². The molecule has 3 aromatic rings. The van der Waals surface area contributed by atoms with Crippen molar-refractivity contribution in [2.24, 2.45) is 0 Å². The largest absolute Gasteiger partial charge is 0.493 e. The molecule has 68 heavy (non-hydrogen) atoms. The minimum atomic E-state index is -1.28. The maximum atomic E-state index is 13.3. The quantitative estimate of drug-likeness (QED) is 0.0765. The number of hydrogen-bond acceptors (Lipinski definition) is 15. The number of nitrogens with zero attached hydrogens (tertiary/aromatic N) is 4. The van der Waals surface area contributed by atoms with Gasteiger partial charge in [-0.1, -0.05) is 24.3 Å². The minimum absolute atomic E-state index is 0.0595. The number of nitrogens with one attached hydrogen (secondary N) is 4. The van der Waals surface area contributed by atoms with Gasteiger partial charge in [0, 0.05) is 63.1 Å². The molecule has 4 heterocycles. The number of amides is 6. The van der Waals surface area contributed by atoms with Gasteiger partial charge in [-0.2, -0.15) is 0 Å². The fraction of sp³-hybridized carbons (Fsp3) is 0.521. The molecule has 0 saturated carbocycles. The summed E-state index contributed by atoms with van der Waals surface area (Å²) in [6, 6.07) is 15.8. The number of ether oxygens (including phenoxy) is 6. The van der Waals surface area contributed by atoms with Crippen LogP contribution in [0.25, 0.3) is 0 Å². The Morgan fingerprint density at radius 1 is 0.809 bits per heavy atom. The first-order valence-corrected chi connectivity index (χ1v) is 23.2. The molecule has 4 aliphatic rings. The van der Waals surface area contributed by atoms with E-state index in [0.29, 0.717) is 127 Å². The molecule has 4 aliphatic heterocycles. The number of carbonyl (C=O) groups is 5. The van der Waals surface area contributed by atoms with Crippen LogP contribution in [0.3, 0.4) is 0 Å². The number of hydrazine groups is 1. The lowest BCUT2D eigenvalue weighted by Gasteiger charge is -2.36. The van der Waals surface area contributed by atoms with Crippen molar-refractivity contribution in [3.8, 4) is 11.5 Å². The van der Waals surface area contributed by atoms with Crippen LogP contribution in [0.5, 0.6) is 11.5 Å². The van der Waals surface area contributed by atoms with Crippen LogP contribution in [-0.4, -0.2) is 169 Å². The Labute approximate surface area is 396 Å². The molecule has 20 nitrogen and oxygen atoms in total. The summed E-state index contributed by atoms with van der Waals surface area (Å²) >= 11 is 0. The lowest BCUT2D eigenvalue weighted by molar-refractivity contribution is -0.139. The number of methoxy groups -OCH3 is 2. The fourth-order valence-corrected chi connectivity index (χ4v) is 9.01. The van der Waals surface area contributed by atoms with E-state index in [2.05, 4.69) is 50.5 Å². The smallest absolute Gasteiger partial charge is 0.331 e. The Balaban J connectivity index is 0.730. The summed E-state index contributed by atoms with van der Waals surface area (Å²) in [5.41, 5.74) is 8.82. The van der Waals surface area contributed by atoms with Crippen molar-refractivity contribution in [2.45, 2.75) is 57.0 Å². The number of piperidine rings is 1. The molecule has 20 heteroatoms. The zero-order valence-corrected chi connectivity index (χ0v) is 39.3. The molecule has 0 bridgehead atoms. The number of aliphatic hydroxyl groups is 1. The van der Waals surface area contributed by atoms with Gasteiger partial charge in [0.1, 0.15) is 6.04 Å². The highest BCUT2D eigenvalue weighted by atomic mass is 16.6. The molecule has 0 spiro atoms. The molecule has 3 aromatic carbocycles. The van der Waals surface area contributed by atoms with Crippen molar-refractivity contribution in [3.05, 3.63) is 82.4 Å². The van der Waals surface area contributed by atoms with Gasteiger partial charge in [-0.3, -0.25) is 34.4 Å². The second-order valence-corrected chi connectivity index (χ2v) is 16.9. The third-order valence-electron chi connectivity index (χ3n) is 12.6. The third-order valence-corrected chi connectivity index (χ3v) is 12.6. The van der Waals surface area contributed by atoms with E-state index in [1.54, 1.807) is 44.5 Å². The van der Waals surface area contributed by atoms with E-state index in [4.69, 9.17) is 28.4 Å². The number of benzene rings is 3. The second kappa shape index (κ2) is 23.8. The van der Waals surface area contributed by atoms with Gasteiger partial charge in [0.2, 0.25) is 17.7 Å². The maximum absolute atomic E-state index is 13.3. The number of aliphatic hydroxyl groups excluding tert-OH is 1. The summed E-state index contributed by atoms with van der Waals surface area (Å²) in [6.07, 6.45) is -0.109. The van der Waals surface area contributed by atoms with Gasteiger partial charge in [0.15, 0.2) is 17.7 Å². The molecule has 5 N–H and O–H groups in total. The number of urea groups is 1. The highest BCUT2D eigenvalue weighted by molar-refractivity contribution is 6.08. The molecule has 2 saturated heterocycles. The molecular formula is C48H64N8O12. The van der Waals surface area contributed by atoms with Gasteiger partial charge in [0.05, 0.1) is 91.1 Å². The predicted octanol–water partition coefficient (Wildman–Crippen LogP) is 2.35. The standard InChI is InChI=1S/C48H64N8O12/c1-31-28-33-29-39(63-3)40(64-4)30-36(33)44(52-56(31)48(62)49-2)32-8-10-34(11-9-32)53-16-18-54(19-17-53)42(58)14-20-65-22-24-67-26-27-68-25-23-66-21-15-50-37-7-5-6-35-43(37)47(61)55(46(35)60)38-12-13-41(57)51-45(38)59/h5-11,29-31,38,44,46,50,52,60H,12-28H2,1-4H3,(H,49,62)(H,51,57,59)/t31-,38-,44?,46?/m0/s1. The number of fused-ring (bicyclic) bond motifs is 2. The highest BCUT2D eigenvalue weighted by Gasteiger charge is 2.45. The number of anilines is 2. The van der Waals surface area contributed by atoms with Crippen LogP contribution in [0.2, 0.25) is 0 Å². The maximum Gasteiger partial charge on any atom is 0.331 e. The molecule has 0 radical (unpaired) electrons. The van der Waals surface area contributed by atoms with Crippen molar-refractivity contribution in [2.75, 3.05) is 117 Å². The van der Waals surface area contributed by atoms with E-state index in [1.165, 1.54) is 0 Å². The zero-order valence-electron chi connectivity index (χ0n) is 39.3. The Morgan fingerprint density at radius 3 is 2.10 bits per heavy atom. The molecule has 368 valence electrons. The first-order chi connectivity index (χ1) is 33.0. The average Bonchev–Trinajstić information content (AvgIpc) is 3.51. The second-order valence-electron chi connectivity index (χ2n) is 16.9.